The van der Waals surface area contributed by atoms with Gasteiger partial charge in [-0.25, -0.2) is 5.43 Å². The van der Waals surface area contributed by atoms with E-state index in [2.05, 4.69) is 37.1 Å². The van der Waals surface area contributed by atoms with E-state index in [1.807, 2.05) is 13.8 Å². The summed E-state index contributed by atoms with van der Waals surface area (Å²) in [4.78, 5) is 35.7. The first kappa shape index (κ1) is 26.1. The van der Waals surface area contributed by atoms with E-state index in [9.17, 15) is 14.4 Å². The fourth-order valence-electron chi connectivity index (χ4n) is 2.43. The van der Waals surface area contributed by atoms with Crippen molar-refractivity contribution in [2.24, 2.45) is 5.10 Å². The van der Waals surface area contributed by atoms with E-state index >= 15 is 0 Å². The molecule has 0 fully saturated rings. The van der Waals surface area contributed by atoms with Gasteiger partial charge in [-0.05, 0) is 50.6 Å². The van der Waals surface area contributed by atoms with Gasteiger partial charge in [-0.2, -0.15) is 5.10 Å². The summed E-state index contributed by atoms with van der Waals surface area (Å²) in [6.45, 7) is 4.67. The molecule has 0 radical (unpaired) electrons. The molecule has 0 spiro atoms. The zero-order valence-electron chi connectivity index (χ0n) is 18.4. The van der Waals surface area contributed by atoms with E-state index in [0.717, 1.165) is 4.47 Å². The second-order valence-corrected chi connectivity index (χ2v) is 7.97. The Morgan fingerprint density at radius 1 is 1.18 bits per heavy atom. The molecular weight excluding hydrogens is 496 g/mol. The van der Waals surface area contributed by atoms with Gasteiger partial charge in [-0.1, -0.05) is 15.9 Å². The number of ether oxygens (including phenoxy) is 2. The summed E-state index contributed by atoms with van der Waals surface area (Å²) in [6.07, 6.45) is 3.55. The number of hydrogen-bond donors (Lipinski definition) is 3. The minimum atomic E-state index is -0.897. The van der Waals surface area contributed by atoms with E-state index < -0.39 is 11.8 Å². The normalized spacial score (nSPS) is 10.9. The molecule has 11 heteroatoms. The SMILES string of the molecule is CC(C)OCCCNC(=O)C(=O)N/N=C\c1cc(Br)ccc1OCC(=O)NCc1ccco1. The van der Waals surface area contributed by atoms with E-state index in [1.165, 1.54) is 12.5 Å². The van der Waals surface area contributed by atoms with E-state index in [1.54, 1.807) is 30.3 Å². The molecule has 178 valence electrons. The number of halogens is 1. The summed E-state index contributed by atoms with van der Waals surface area (Å²) in [5, 5.41) is 8.97. The number of nitrogens with zero attached hydrogens (tertiary/aromatic N) is 1. The van der Waals surface area contributed by atoms with Gasteiger partial charge >= 0.3 is 11.8 Å². The third-order valence-corrected chi connectivity index (χ3v) is 4.50. The molecule has 33 heavy (non-hydrogen) atoms. The monoisotopic (exact) mass is 522 g/mol. The summed E-state index contributed by atoms with van der Waals surface area (Å²) >= 11 is 3.35. The minimum absolute atomic E-state index is 0.112. The maximum Gasteiger partial charge on any atom is 0.329 e. The molecule has 0 bridgehead atoms. The lowest BCUT2D eigenvalue weighted by molar-refractivity contribution is -0.139. The van der Waals surface area contributed by atoms with Crippen LogP contribution in [-0.4, -0.2) is 49.8 Å². The van der Waals surface area contributed by atoms with Gasteiger partial charge < -0.3 is 24.5 Å². The smallest absolute Gasteiger partial charge is 0.329 e. The first-order chi connectivity index (χ1) is 15.8. The highest BCUT2D eigenvalue weighted by atomic mass is 79.9. The van der Waals surface area contributed by atoms with E-state index in [-0.39, 0.29) is 25.2 Å². The van der Waals surface area contributed by atoms with Gasteiger partial charge in [0.25, 0.3) is 5.91 Å². The first-order valence-electron chi connectivity index (χ1n) is 10.3. The Hall–Kier alpha value is -3.18. The Balaban J connectivity index is 1.80. The molecule has 0 aliphatic rings. The summed E-state index contributed by atoms with van der Waals surface area (Å²) < 4.78 is 16.8. The average molecular weight is 523 g/mol. The highest BCUT2D eigenvalue weighted by Crippen LogP contribution is 2.21. The van der Waals surface area contributed by atoms with Crippen LogP contribution in [0.15, 0.2) is 50.6 Å². The van der Waals surface area contributed by atoms with Crippen LogP contribution in [0.25, 0.3) is 0 Å². The third kappa shape index (κ3) is 10.3. The Morgan fingerprint density at radius 2 is 2.00 bits per heavy atom. The lowest BCUT2D eigenvalue weighted by atomic mass is 10.2. The number of carbonyl (C=O) groups is 3. The Labute approximate surface area is 200 Å². The first-order valence-corrected chi connectivity index (χ1v) is 11.1. The predicted octanol–water partition coefficient (Wildman–Crippen LogP) is 2.12. The molecule has 0 unspecified atom stereocenters. The molecular formula is C22H27BrN4O6. The summed E-state index contributed by atoms with van der Waals surface area (Å²) in [6, 6.07) is 8.57. The fraction of sp³-hybridized carbons (Fsp3) is 0.364. The lowest BCUT2D eigenvalue weighted by Gasteiger charge is -2.10. The number of hydrazone groups is 1. The molecule has 0 aliphatic heterocycles. The van der Waals surface area contributed by atoms with Crippen molar-refractivity contribution in [2.75, 3.05) is 19.8 Å². The van der Waals surface area contributed by atoms with Crippen LogP contribution >= 0.6 is 15.9 Å². The van der Waals surface area contributed by atoms with Crippen molar-refractivity contribution < 1.29 is 28.3 Å². The van der Waals surface area contributed by atoms with Crippen molar-refractivity contribution in [2.45, 2.75) is 32.9 Å². The average Bonchev–Trinajstić information content (AvgIpc) is 3.30. The predicted molar refractivity (Wildman–Crippen MR) is 125 cm³/mol. The van der Waals surface area contributed by atoms with Crippen molar-refractivity contribution in [3.8, 4) is 5.75 Å². The molecule has 1 aromatic heterocycles. The number of amides is 3. The van der Waals surface area contributed by atoms with Crippen molar-refractivity contribution in [1.29, 1.82) is 0 Å². The minimum Gasteiger partial charge on any atom is -0.483 e. The number of furan rings is 1. The van der Waals surface area contributed by atoms with Crippen LogP contribution in [-0.2, 0) is 25.7 Å². The molecule has 0 saturated carbocycles. The van der Waals surface area contributed by atoms with Crippen LogP contribution in [0.3, 0.4) is 0 Å². The number of nitrogens with one attached hydrogen (secondary N) is 3. The van der Waals surface area contributed by atoms with Gasteiger partial charge in [0.2, 0.25) is 0 Å². The number of rotatable bonds is 12. The largest absolute Gasteiger partial charge is 0.483 e. The van der Waals surface area contributed by atoms with Crippen molar-refractivity contribution in [3.05, 3.63) is 52.4 Å². The zero-order chi connectivity index (χ0) is 24.1. The van der Waals surface area contributed by atoms with Crippen LogP contribution in [0.1, 0.15) is 31.6 Å². The molecule has 2 rings (SSSR count). The highest BCUT2D eigenvalue weighted by molar-refractivity contribution is 9.10. The van der Waals surface area contributed by atoms with Crippen molar-refractivity contribution >= 4 is 39.9 Å². The van der Waals surface area contributed by atoms with Gasteiger partial charge in [-0.15, -0.1) is 0 Å². The molecule has 0 atom stereocenters. The van der Waals surface area contributed by atoms with E-state index in [4.69, 9.17) is 13.9 Å². The quantitative estimate of drug-likeness (QED) is 0.169. The van der Waals surface area contributed by atoms with Gasteiger partial charge in [0.15, 0.2) is 6.61 Å². The van der Waals surface area contributed by atoms with Crippen molar-refractivity contribution in [1.82, 2.24) is 16.1 Å². The molecule has 10 nitrogen and oxygen atoms in total. The fourth-order valence-corrected chi connectivity index (χ4v) is 2.81. The van der Waals surface area contributed by atoms with Gasteiger partial charge in [0.1, 0.15) is 11.5 Å². The van der Waals surface area contributed by atoms with Crippen LogP contribution in [0.4, 0.5) is 0 Å². The molecule has 1 aromatic carbocycles. The van der Waals surface area contributed by atoms with Gasteiger partial charge in [0.05, 0.1) is 25.1 Å². The highest BCUT2D eigenvalue weighted by Gasteiger charge is 2.12. The number of hydrogen-bond acceptors (Lipinski definition) is 7. The maximum absolute atomic E-state index is 12.0. The second-order valence-electron chi connectivity index (χ2n) is 7.06. The molecule has 0 aliphatic carbocycles. The molecule has 0 saturated heterocycles. The second kappa shape index (κ2) is 14.1. The zero-order valence-corrected chi connectivity index (χ0v) is 20.0. The van der Waals surface area contributed by atoms with Crippen LogP contribution in [0, 0.1) is 0 Å². The molecule has 2 aromatic rings. The molecule has 3 N–H and O–H groups in total. The molecule has 1 heterocycles. The standard InChI is InChI=1S/C22H27BrN4O6/c1-15(2)31-10-4-8-24-21(29)22(30)27-26-12-16-11-17(23)6-7-19(16)33-14-20(28)25-13-18-5-3-9-32-18/h3,5-7,9,11-12,15H,4,8,10,13-14H2,1-2H3,(H,24,29)(H,25,28)(H,27,30)/b26-12-. The number of carbonyl (C=O) groups excluding carboxylic acids is 3. The van der Waals surface area contributed by atoms with Crippen LogP contribution in [0.5, 0.6) is 5.75 Å². The number of benzene rings is 1. The van der Waals surface area contributed by atoms with Crippen LogP contribution in [0.2, 0.25) is 0 Å². The topological polar surface area (TPSA) is 131 Å². The summed E-state index contributed by atoms with van der Waals surface area (Å²) in [7, 11) is 0. The van der Waals surface area contributed by atoms with Crippen LogP contribution < -0.4 is 20.8 Å². The molecule has 3 amide bonds. The lowest BCUT2D eigenvalue weighted by Crippen LogP contribution is -2.38. The third-order valence-electron chi connectivity index (χ3n) is 4.00. The van der Waals surface area contributed by atoms with E-state index in [0.29, 0.717) is 36.6 Å². The Morgan fingerprint density at radius 3 is 2.73 bits per heavy atom. The maximum atomic E-state index is 12.0. The van der Waals surface area contributed by atoms with Crippen molar-refractivity contribution in [3.63, 3.8) is 0 Å². The summed E-state index contributed by atoms with van der Waals surface area (Å²) in [5.41, 5.74) is 2.66. The van der Waals surface area contributed by atoms with Gasteiger partial charge in [-0.3, -0.25) is 14.4 Å². The Bertz CT molecular complexity index is 946. The Kier molecular flexibility index (Phi) is 11.1. The summed E-state index contributed by atoms with van der Waals surface area (Å²) in [5.74, 6) is -1.02. The van der Waals surface area contributed by atoms with Gasteiger partial charge in [0, 0.05) is 23.2 Å².